The summed E-state index contributed by atoms with van der Waals surface area (Å²) >= 11 is 6.39. The second-order valence-corrected chi connectivity index (χ2v) is 8.15. The molecule has 1 aliphatic heterocycles. The van der Waals surface area contributed by atoms with E-state index >= 15 is 0 Å². The SMILES string of the molecule is C[C@H]1CN(c2cnc3nc(OS(=O)(=O)C(F)(F)F)ccc3c2Cl)CCN1C(=O)O. The second-order valence-electron chi connectivity index (χ2n) is 6.23. The summed E-state index contributed by atoms with van der Waals surface area (Å²) in [4.78, 5) is 22.0. The van der Waals surface area contributed by atoms with Crippen LogP contribution in [-0.2, 0) is 10.1 Å². The highest BCUT2D eigenvalue weighted by atomic mass is 35.5. The minimum atomic E-state index is -5.86. The fourth-order valence-corrected chi connectivity index (χ4v) is 3.63. The third kappa shape index (κ3) is 4.10. The van der Waals surface area contributed by atoms with Crippen LogP contribution in [0.25, 0.3) is 11.0 Å². The zero-order valence-corrected chi connectivity index (χ0v) is 16.3. The van der Waals surface area contributed by atoms with Crippen LogP contribution in [0.15, 0.2) is 18.3 Å². The highest BCUT2D eigenvalue weighted by molar-refractivity contribution is 7.87. The van der Waals surface area contributed by atoms with E-state index in [9.17, 15) is 26.4 Å². The lowest BCUT2D eigenvalue weighted by atomic mass is 10.1. The standard InChI is InChI=1S/C15H14ClF3N4O5S/c1-8-7-22(4-5-23(8)14(24)25)10-6-20-13-9(12(10)16)2-3-11(21-13)28-29(26,27)15(17,18)19/h2-3,6,8H,4-5,7H2,1H3,(H,24,25)/t8-/m0/s1. The van der Waals surface area contributed by atoms with Gasteiger partial charge in [-0.15, -0.1) is 0 Å². The molecule has 0 bridgehead atoms. The van der Waals surface area contributed by atoms with Crippen molar-refractivity contribution in [3.05, 3.63) is 23.4 Å². The molecule has 0 unspecified atom stereocenters. The van der Waals surface area contributed by atoms with Gasteiger partial charge in [0.15, 0.2) is 5.65 Å². The van der Waals surface area contributed by atoms with Crippen LogP contribution in [0, 0.1) is 0 Å². The maximum atomic E-state index is 12.4. The Hall–Kier alpha value is -2.54. The number of carbonyl (C=O) groups is 1. The van der Waals surface area contributed by atoms with E-state index in [-0.39, 0.29) is 28.6 Å². The number of hydrogen-bond acceptors (Lipinski definition) is 7. The van der Waals surface area contributed by atoms with Gasteiger partial charge in [0.2, 0.25) is 5.88 Å². The number of anilines is 1. The van der Waals surface area contributed by atoms with Crippen LogP contribution in [0.3, 0.4) is 0 Å². The van der Waals surface area contributed by atoms with Crippen molar-refractivity contribution in [2.45, 2.75) is 18.5 Å². The Morgan fingerprint density at radius 1 is 1.34 bits per heavy atom. The number of pyridine rings is 2. The molecule has 1 fully saturated rings. The lowest BCUT2D eigenvalue weighted by molar-refractivity contribution is -0.0501. The van der Waals surface area contributed by atoms with E-state index in [0.29, 0.717) is 18.8 Å². The van der Waals surface area contributed by atoms with E-state index in [0.717, 1.165) is 6.07 Å². The van der Waals surface area contributed by atoms with Crippen molar-refractivity contribution in [1.82, 2.24) is 14.9 Å². The molecule has 3 rings (SSSR count). The summed E-state index contributed by atoms with van der Waals surface area (Å²) < 4.78 is 63.5. The Balaban J connectivity index is 1.89. The summed E-state index contributed by atoms with van der Waals surface area (Å²) in [6, 6.07) is 1.89. The van der Waals surface area contributed by atoms with Crippen molar-refractivity contribution >= 4 is 44.5 Å². The Labute approximate surface area is 167 Å². The molecule has 9 nitrogen and oxygen atoms in total. The molecule has 1 N–H and O–H groups in total. The van der Waals surface area contributed by atoms with Crippen LogP contribution >= 0.6 is 11.6 Å². The predicted molar refractivity (Wildman–Crippen MR) is 96.6 cm³/mol. The number of rotatable bonds is 3. The molecular formula is C15H14ClF3N4O5S. The van der Waals surface area contributed by atoms with Gasteiger partial charge < -0.3 is 19.1 Å². The zero-order chi connectivity index (χ0) is 21.6. The molecule has 0 spiro atoms. The highest BCUT2D eigenvalue weighted by Crippen LogP contribution is 2.34. The summed E-state index contributed by atoms with van der Waals surface area (Å²) in [6.45, 7) is 2.72. The Bertz CT molecular complexity index is 1070. The van der Waals surface area contributed by atoms with E-state index < -0.39 is 27.6 Å². The van der Waals surface area contributed by atoms with Crippen LogP contribution in [0.5, 0.6) is 5.88 Å². The van der Waals surface area contributed by atoms with Crippen LogP contribution < -0.4 is 9.08 Å². The number of nitrogens with zero attached hydrogens (tertiary/aromatic N) is 4. The first-order valence-corrected chi connectivity index (χ1v) is 9.90. The van der Waals surface area contributed by atoms with Crippen molar-refractivity contribution in [3.8, 4) is 5.88 Å². The molecule has 1 amide bonds. The molecule has 3 heterocycles. The van der Waals surface area contributed by atoms with Gasteiger partial charge in [-0.3, -0.25) is 0 Å². The number of fused-ring (bicyclic) bond motifs is 1. The molecule has 0 saturated carbocycles. The van der Waals surface area contributed by atoms with Crippen molar-refractivity contribution in [2.75, 3.05) is 24.5 Å². The largest absolute Gasteiger partial charge is 0.534 e. The summed E-state index contributed by atoms with van der Waals surface area (Å²) in [5, 5.41) is 9.62. The van der Waals surface area contributed by atoms with E-state index in [1.54, 1.807) is 6.92 Å². The third-order valence-corrected chi connectivity index (χ3v) is 5.67. The quantitative estimate of drug-likeness (QED) is 0.556. The highest BCUT2D eigenvalue weighted by Gasteiger charge is 2.48. The molecule has 1 saturated heterocycles. The van der Waals surface area contributed by atoms with Gasteiger partial charge in [-0.05, 0) is 13.0 Å². The first-order chi connectivity index (χ1) is 13.4. The molecule has 1 aliphatic rings. The summed E-state index contributed by atoms with van der Waals surface area (Å²) in [6.07, 6.45) is 0.313. The minimum absolute atomic E-state index is 0.106. The first kappa shape index (κ1) is 21.2. The van der Waals surface area contributed by atoms with Gasteiger partial charge in [0.05, 0.1) is 16.9 Å². The Morgan fingerprint density at radius 3 is 2.62 bits per heavy atom. The molecule has 0 radical (unpaired) electrons. The van der Waals surface area contributed by atoms with E-state index in [2.05, 4.69) is 14.2 Å². The number of amides is 1. The smallest absolute Gasteiger partial charge is 0.465 e. The lowest BCUT2D eigenvalue weighted by Crippen LogP contribution is -2.53. The monoisotopic (exact) mass is 454 g/mol. The van der Waals surface area contributed by atoms with Crippen molar-refractivity contribution < 1.29 is 35.7 Å². The van der Waals surface area contributed by atoms with Crippen molar-refractivity contribution in [1.29, 1.82) is 0 Å². The number of halogens is 4. The van der Waals surface area contributed by atoms with Crippen LogP contribution in [0.2, 0.25) is 5.02 Å². The molecule has 158 valence electrons. The van der Waals surface area contributed by atoms with Crippen LogP contribution in [-0.4, -0.2) is 65.7 Å². The average Bonchev–Trinajstić information content (AvgIpc) is 2.60. The number of carboxylic acid groups (broad SMARTS) is 1. The summed E-state index contributed by atoms with van der Waals surface area (Å²) in [5.74, 6) is -0.796. The maximum absolute atomic E-state index is 12.4. The summed E-state index contributed by atoms with van der Waals surface area (Å²) in [5.41, 5.74) is -5.20. The molecule has 0 aromatic carbocycles. The number of piperazine rings is 1. The third-order valence-electron chi connectivity index (χ3n) is 4.31. The number of aromatic nitrogens is 2. The second kappa shape index (κ2) is 7.37. The minimum Gasteiger partial charge on any atom is -0.465 e. The molecule has 2 aromatic rings. The normalized spacial score (nSPS) is 18.2. The van der Waals surface area contributed by atoms with Gasteiger partial charge in [-0.25, -0.2) is 9.78 Å². The van der Waals surface area contributed by atoms with Gasteiger partial charge in [0, 0.05) is 37.1 Å². The van der Waals surface area contributed by atoms with Crippen molar-refractivity contribution in [2.24, 2.45) is 0 Å². The maximum Gasteiger partial charge on any atom is 0.534 e. The van der Waals surface area contributed by atoms with Gasteiger partial charge >= 0.3 is 21.7 Å². The van der Waals surface area contributed by atoms with Crippen LogP contribution in [0.1, 0.15) is 6.92 Å². The molecule has 0 aliphatic carbocycles. The lowest BCUT2D eigenvalue weighted by Gasteiger charge is -2.39. The van der Waals surface area contributed by atoms with Gasteiger partial charge in [-0.1, -0.05) is 11.6 Å². The Kier molecular flexibility index (Phi) is 5.38. The number of hydrogen-bond donors (Lipinski definition) is 1. The fraction of sp³-hybridized carbons (Fsp3) is 0.400. The number of alkyl halides is 3. The van der Waals surface area contributed by atoms with Gasteiger partial charge in [-0.2, -0.15) is 26.6 Å². The van der Waals surface area contributed by atoms with E-state index in [1.165, 1.54) is 17.2 Å². The average molecular weight is 455 g/mol. The fourth-order valence-electron chi connectivity index (χ4n) is 2.90. The van der Waals surface area contributed by atoms with E-state index in [4.69, 9.17) is 16.7 Å². The summed E-state index contributed by atoms with van der Waals surface area (Å²) in [7, 11) is -5.86. The van der Waals surface area contributed by atoms with Gasteiger partial charge in [0.25, 0.3) is 0 Å². The predicted octanol–water partition coefficient (Wildman–Crippen LogP) is 2.70. The van der Waals surface area contributed by atoms with Gasteiger partial charge in [0.1, 0.15) is 0 Å². The molecule has 1 atom stereocenters. The molecular weight excluding hydrogens is 441 g/mol. The van der Waals surface area contributed by atoms with Crippen molar-refractivity contribution in [3.63, 3.8) is 0 Å². The van der Waals surface area contributed by atoms with Crippen LogP contribution in [0.4, 0.5) is 23.7 Å². The zero-order valence-electron chi connectivity index (χ0n) is 14.7. The first-order valence-electron chi connectivity index (χ1n) is 8.11. The van der Waals surface area contributed by atoms with E-state index in [1.807, 2.05) is 4.90 Å². The Morgan fingerprint density at radius 2 is 2.03 bits per heavy atom. The molecule has 2 aromatic heterocycles. The molecule has 14 heteroatoms. The molecule has 29 heavy (non-hydrogen) atoms. The topological polar surface area (TPSA) is 113 Å².